The highest BCUT2D eigenvalue weighted by Crippen LogP contribution is 2.23. The predicted octanol–water partition coefficient (Wildman–Crippen LogP) is 2.93. The van der Waals surface area contributed by atoms with Gasteiger partial charge in [-0.25, -0.2) is 0 Å². The maximum Gasteiger partial charge on any atom is 0.320 e. The molecule has 0 aromatic carbocycles. The summed E-state index contributed by atoms with van der Waals surface area (Å²) in [5.74, 6) is -0.643. The molecule has 0 aromatic heterocycles. The van der Waals surface area contributed by atoms with Crippen LogP contribution < -0.4 is 5.73 Å². The van der Waals surface area contributed by atoms with Crippen LogP contribution in [0.1, 0.15) is 64.2 Å². The molecule has 1 saturated carbocycles. The van der Waals surface area contributed by atoms with E-state index in [2.05, 4.69) is 0 Å². The Bertz CT molecular complexity index is 194. The standard InChI is InChI=1S/C13H25NO2/c14-12(13(15)16)11-9-7-5-3-1-2-4-6-8-10-11/h11-12H,1-10,14H2,(H,15,16). The summed E-state index contributed by atoms with van der Waals surface area (Å²) in [4.78, 5) is 10.9. The van der Waals surface area contributed by atoms with Crippen LogP contribution in [-0.4, -0.2) is 17.1 Å². The van der Waals surface area contributed by atoms with E-state index in [-0.39, 0.29) is 5.92 Å². The Morgan fingerprint density at radius 2 is 1.31 bits per heavy atom. The van der Waals surface area contributed by atoms with Crippen LogP contribution in [0.25, 0.3) is 0 Å². The Balaban J connectivity index is 2.41. The second-order valence-electron chi connectivity index (χ2n) is 5.03. The molecule has 1 fully saturated rings. The molecule has 0 heterocycles. The largest absolute Gasteiger partial charge is 0.480 e. The molecular weight excluding hydrogens is 202 g/mol. The van der Waals surface area contributed by atoms with Gasteiger partial charge in [-0.3, -0.25) is 4.79 Å². The Kier molecular flexibility index (Phi) is 6.46. The van der Waals surface area contributed by atoms with Crippen LogP contribution in [0.3, 0.4) is 0 Å². The van der Waals surface area contributed by atoms with E-state index in [4.69, 9.17) is 10.8 Å². The molecule has 1 aliphatic rings. The van der Waals surface area contributed by atoms with Crippen molar-refractivity contribution in [3.05, 3.63) is 0 Å². The van der Waals surface area contributed by atoms with Gasteiger partial charge in [-0.15, -0.1) is 0 Å². The van der Waals surface area contributed by atoms with Crippen molar-refractivity contribution in [3.63, 3.8) is 0 Å². The average molecular weight is 227 g/mol. The van der Waals surface area contributed by atoms with Crippen molar-refractivity contribution in [1.82, 2.24) is 0 Å². The number of carboxylic acid groups (broad SMARTS) is 1. The molecule has 0 aromatic rings. The van der Waals surface area contributed by atoms with Gasteiger partial charge in [-0.05, 0) is 18.8 Å². The van der Waals surface area contributed by atoms with Gasteiger partial charge in [0.25, 0.3) is 0 Å². The van der Waals surface area contributed by atoms with Gasteiger partial charge in [-0.1, -0.05) is 51.4 Å². The van der Waals surface area contributed by atoms with Gasteiger partial charge in [-0.2, -0.15) is 0 Å². The molecule has 0 bridgehead atoms. The van der Waals surface area contributed by atoms with Crippen LogP contribution in [0.2, 0.25) is 0 Å². The van der Waals surface area contributed by atoms with Crippen LogP contribution in [0.4, 0.5) is 0 Å². The van der Waals surface area contributed by atoms with E-state index >= 15 is 0 Å². The molecule has 1 rings (SSSR count). The molecule has 0 aliphatic heterocycles. The first-order chi connectivity index (χ1) is 7.72. The highest BCUT2D eigenvalue weighted by Gasteiger charge is 2.23. The van der Waals surface area contributed by atoms with Crippen molar-refractivity contribution in [1.29, 1.82) is 0 Å². The summed E-state index contributed by atoms with van der Waals surface area (Å²) in [6.45, 7) is 0. The van der Waals surface area contributed by atoms with Crippen LogP contribution in [0, 0.1) is 5.92 Å². The normalized spacial score (nSPS) is 23.3. The Hall–Kier alpha value is -0.570. The molecule has 3 nitrogen and oxygen atoms in total. The van der Waals surface area contributed by atoms with Crippen molar-refractivity contribution in [2.45, 2.75) is 70.3 Å². The van der Waals surface area contributed by atoms with Gasteiger partial charge < -0.3 is 10.8 Å². The van der Waals surface area contributed by atoms with Gasteiger partial charge in [0.2, 0.25) is 0 Å². The lowest BCUT2D eigenvalue weighted by atomic mass is 9.89. The van der Waals surface area contributed by atoms with Crippen LogP contribution in [0.5, 0.6) is 0 Å². The molecule has 0 saturated heterocycles. The van der Waals surface area contributed by atoms with Crippen molar-refractivity contribution >= 4 is 5.97 Å². The minimum Gasteiger partial charge on any atom is -0.480 e. The maximum atomic E-state index is 10.9. The summed E-state index contributed by atoms with van der Waals surface area (Å²) in [7, 11) is 0. The zero-order chi connectivity index (χ0) is 11.8. The molecule has 3 N–H and O–H groups in total. The lowest BCUT2D eigenvalue weighted by Crippen LogP contribution is -2.38. The second-order valence-corrected chi connectivity index (χ2v) is 5.03. The number of aliphatic carboxylic acids is 1. The number of hydrogen-bond acceptors (Lipinski definition) is 2. The fourth-order valence-electron chi connectivity index (χ4n) is 2.58. The van der Waals surface area contributed by atoms with Crippen molar-refractivity contribution in [2.75, 3.05) is 0 Å². The summed E-state index contributed by atoms with van der Waals surface area (Å²) in [5, 5.41) is 8.95. The molecule has 1 atom stereocenters. The molecule has 0 spiro atoms. The zero-order valence-corrected chi connectivity index (χ0v) is 10.2. The molecule has 3 heteroatoms. The fourth-order valence-corrected chi connectivity index (χ4v) is 2.58. The van der Waals surface area contributed by atoms with Gasteiger partial charge in [0.05, 0.1) is 0 Å². The number of carboxylic acids is 1. The molecule has 16 heavy (non-hydrogen) atoms. The summed E-state index contributed by atoms with van der Waals surface area (Å²) in [6, 6.07) is -0.652. The van der Waals surface area contributed by atoms with Crippen LogP contribution in [-0.2, 0) is 4.79 Å². The first-order valence-electron chi connectivity index (χ1n) is 6.70. The van der Waals surface area contributed by atoms with Crippen molar-refractivity contribution < 1.29 is 9.90 Å². The summed E-state index contributed by atoms with van der Waals surface area (Å²) in [6.07, 6.45) is 12.0. The molecule has 0 amide bonds. The third-order valence-electron chi connectivity index (χ3n) is 3.69. The van der Waals surface area contributed by atoms with E-state index in [1.165, 1.54) is 38.5 Å². The minimum atomic E-state index is -0.833. The topological polar surface area (TPSA) is 63.3 Å². The summed E-state index contributed by atoms with van der Waals surface area (Å²) < 4.78 is 0. The second kappa shape index (κ2) is 7.66. The van der Waals surface area contributed by atoms with Crippen molar-refractivity contribution in [3.8, 4) is 0 Å². The third-order valence-corrected chi connectivity index (χ3v) is 3.69. The van der Waals surface area contributed by atoms with E-state index in [0.29, 0.717) is 0 Å². The van der Waals surface area contributed by atoms with E-state index in [0.717, 1.165) is 25.7 Å². The Morgan fingerprint density at radius 3 is 1.69 bits per heavy atom. The lowest BCUT2D eigenvalue weighted by molar-refractivity contribution is -0.140. The summed E-state index contributed by atoms with van der Waals surface area (Å²) >= 11 is 0. The van der Waals surface area contributed by atoms with Crippen LogP contribution in [0.15, 0.2) is 0 Å². The summed E-state index contributed by atoms with van der Waals surface area (Å²) in [5.41, 5.74) is 5.74. The van der Waals surface area contributed by atoms with Gasteiger partial charge >= 0.3 is 5.97 Å². The van der Waals surface area contributed by atoms with Crippen molar-refractivity contribution in [2.24, 2.45) is 11.7 Å². The number of carbonyl (C=O) groups is 1. The molecular formula is C13H25NO2. The molecule has 0 radical (unpaired) electrons. The van der Waals surface area contributed by atoms with E-state index in [9.17, 15) is 4.79 Å². The van der Waals surface area contributed by atoms with Gasteiger partial charge in [0.1, 0.15) is 6.04 Å². The van der Waals surface area contributed by atoms with E-state index in [1.54, 1.807) is 0 Å². The quantitative estimate of drug-likeness (QED) is 0.762. The highest BCUT2D eigenvalue weighted by molar-refractivity contribution is 5.73. The predicted molar refractivity (Wildman–Crippen MR) is 65.3 cm³/mol. The zero-order valence-electron chi connectivity index (χ0n) is 10.2. The third kappa shape index (κ3) is 4.97. The maximum absolute atomic E-state index is 10.9. The lowest BCUT2D eigenvalue weighted by Gasteiger charge is -2.20. The first-order valence-corrected chi connectivity index (χ1v) is 6.70. The first kappa shape index (κ1) is 13.5. The number of nitrogens with two attached hydrogens (primary N) is 1. The smallest absolute Gasteiger partial charge is 0.320 e. The van der Waals surface area contributed by atoms with Gasteiger partial charge in [0.15, 0.2) is 0 Å². The SMILES string of the molecule is NC(C(=O)O)C1CCCCCCCCCC1. The minimum absolute atomic E-state index is 0.190. The average Bonchev–Trinajstić information content (AvgIpc) is 2.32. The van der Waals surface area contributed by atoms with E-state index in [1.807, 2.05) is 0 Å². The molecule has 1 unspecified atom stereocenters. The number of rotatable bonds is 2. The van der Waals surface area contributed by atoms with Crippen LogP contribution >= 0.6 is 0 Å². The van der Waals surface area contributed by atoms with Gasteiger partial charge in [0, 0.05) is 0 Å². The highest BCUT2D eigenvalue weighted by atomic mass is 16.4. The van der Waals surface area contributed by atoms with E-state index < -0.39 is 12.0 Å². The molecule has 94 valence electrons. The monoisotopic (exact) mass is 227 g/mol. The molecule has 1 aliphatic carbocycles. The Labute approximate surface area is 98.4 Å². The number of hydrogen-bond donors (Lipinski definition) is 2. The Morgan fingerprint density at radius 1 is 0.938 bits per heavy atom. The fraction of sp³-hybridized carbons (Fsp3) is 0.923.